The number of hydrogen-bond donors (Lipinski definition) is 1. The maximum Gasteiger partial charge on any atom is 0.341 e. The summed E-state index contributed by atoms with van der Waals surface area (Å²) in [5.74, 6) is -0.934. The summed E-state index contributed by atoms with van der Waals surface area (Å²) in [6.45, 7) is 7.33. The second-order valence-corrected chi connectivity index (χ2v) is 6.60. The number of hydrogen-bond acceptors (Lipinski definition) is 5. The van der Waals surface area contributed by atoms with Crippen LogP contribution in [0.4, 0.5) is 5.00 Å². The minimum atomic E-state index is -0.536. The van der Waals surface area contributed by atoms with Gasteiger partial charge in [-0.15, -0.1) is 11.3 Å². The van der Waals surface area contributed by atoms with E-state index < -0.39 is 5.97 Å². The highest BCUT2D eigenvalue weighted by molar-refractivity contribution is 7.18. The van der Waals surface area contributed by atoms with Crippen molar-refractivity contribution in [1.82, 2.24) is 0 Å². The van der Waals surface area contributed by atoms with Gasteiger partial charge in [-0.3, -0.25) is 9.59 Å². The second kappa shape index (κ2) is 8.07. The number of nitrogens with one attached hydrogen (secondary N) is 1. The van der Waals surface area contributed by atoms with Crippen molar-refractivity contribution in [1.29, 1.82) is 0 Å². The average molecular weight is 359 g/mol. The van der Waals surface area contributed by atoms with Crippen LogP contribution < -0.4 is 5.32 Å². The minimum Gasteiger partial charge on any atom is -0.462 e. The van der Waals surface area contributed by atoms with Gasteiger partial charge < -0.3 is 10.1 Å². The zero-order valence-electron chi connectivity index (χ0n) is 14.8. The maximum atomic E-state index is 12.5. The summed E-state index contributed by atoms with van der Waals surface area (Å²) in [7, 11) is 0. The highest BCUT2D eigenvalue weighted by Crippen LogP contribution is 2.34. The van der Waals surface area contributed by atoms with Crippen molar-refractivity contribution in [3.8, 4) is 0 Å². The minimum absolute atomic E-state index is 0.0658. The summed E-state index contributed by atoms with van der Waals surface area (Å²) in [4.78, 5) is 37.4. The predicted molar refractivity (Wildman–Crippen MR) is 98.8 cm³/mol. The Morgan fingerprint density at radius 2 is 1.72 bits per heavy atom. The quantitative estimate of drug-likeness (QED) is 0.613. The molecule has 5 nitrogen and oxygen atoms in total. The summed E-state index contributed by atoms with van der Waals surface area (Å²) < 4.78 is 5.08. The summed E-state index contributed by atoms with van der Waals surface area (Å²) in [6, 6.07) is 7.11. The molecule has 2 aromatic rings. The molecule has 0 fully saturated rings. The van der Waals surface area contributed by atoms with Crippen LogP contribution in [-0.4, -0.2) is 24.3 Å². The summed E-state index contributed by atoms with van der Waals surface area (Å²) in [5, 5.41) is 3.10. The zero-order chi connectivity index (χ0) is 18.6. The van der Waals surface area contributed by atoms with Crippen molar-refractivity contribution < 1.29 is 19.1 Å². The fourth-order valence-corrected chi connectivity index (χ4v) is 3.56. The fourth-order valence-electron chi connectivity index (χ4n) is 2.36. The first kappa shape index (κ1) is 18.9. The summed E-state index contributed by atoms with van der Waals surface area (Å²) in [6.07, 6.45) is 0.328. The smallest absolute Gasteiger partial charge is 0.341 e. The van der Waals surface area contributed by atoms with Crippen LogP contribution in [0.25, 0.3) is 0 Å². The highest BCUT2D eigenvalue weighted by Gasteiger charge is 2.26. The molecule has 0 radical (unpaired) electrons. The van der Waals surface area contributed by atoms with Gasteiger partial charge in [-0.2, -0.15) is 0 Å². The third-order valence-corrected chi connectivity index (χ3v) is 4.99. The van der Waals surface area contributed by atoms with Gasteiger partial charge >= 0.3 is 5.97 Å². The van der Waals surface area contributed by atoms with Crippen LogP contribution in [-0.2, 0) is 4.74 Å². The topological polar surface area (TPSA) is 72.5 Å². The van der Waals surface area contributed by atoms with E-state index in [1.807, 2.05) is 19.1 Å². The van der Waals surface area contributed by atoms with Crippen molar-refractivity contribution in [2.45, 2.75) is 34.1 Å². The molecule has 1 N–H and O–H groups in total. The molecule has 1 aromatic heterocycles. The molecule has 0 aliphatic rings. The van der Waals surface area contributed by atoms with Crippen LogP contribution in [0.3, 0.4) is 0 Å². The number of anilines is 1. The van der Waals surface area contributed by atoms with Crippen molar-refractivity contribution in [3.63, 3.8) is 0 Å². The first-order valence-corrected chi connectivity index (χ1v) is 8.92. The largest absolute Gasteiger partial charge is 0.462 e. The molecule has 0 saturated heterocycles. The molecular formula is C19H21NO4S. The number of ketones is 1. The highest BCUT2D eigenvalue weighted by atomic mass is 32.1. The molecule has 0 atom stereocenters. The molecule has 0 aliphatic carbocycles. The normalized spacial score (nSPS) is 10.4. The number of carbonyl (C=O) groups excluding carboxylic acids is 3. The van der Waals surface area contributed by atoms with E-state index in [0.717, 1.165) is 16.9 Å². The van der Waals surface area contributed by atoms with Crippen LogP contribution in [0.1, 0.15) is 61.8 Å². The molecule has 0 spiro atoms. The van der Waals surface area contributed by atoms with Gasteiger partial charge in [0.1, 0.15) is 5.00 Å². The van der Waals surface area contributed by atoms with Crippen LogP contribution in [0.15, 0.2) is 24.3 Å². The van der Waals surface area contributed by atoms with E-state index in [2.05, 4.69) is 5.32 Å². The van der Waals surface area contributed by atoms with Crippen molar-refractivity contribution >= 4 is 34.0 Å². The lowest BCUT2D eigenvalue weighted by molar-refractivity contribution is 0.0527. The van der Waals surface area contributed by atoms with Gasteiger partial charge in [-0.1, -0.05) is 24.6 Å². The Hall–Kier alpha value is -2.47. The Balaban J connectivity index is 2.41. The molecule has 1 aromatic carbocycles. The molecule has 0 saturated carbocycles. The molecule has 0 aliphatic heterocycles. The van der Waals surface area contributed by atoms with Crippen LogP contribution in [0.5, 0.6) is 0 Å². The molecule has 1 heterocycles. The first-order chi connectivity index (χ1) is 11.9. The Morgan fingerprint density at radius 1 is 1.08 bits per heavy atom. The van der Waals surface area contributed by atoms with Gasteiger partial charge in [-0.05, 0) is 38.5 Å². The van der Waals surface area contributed by atoms with E-state index in [1.54, 1.807) is 32.9 Å². The monoisotopic (exact) mass is 359 g/mol. The van der Waals surface area contributed by atoms with Crippen molar-refractivity contribution in [2.24, 2.45) is 0 Å². The number of rotatable bonds is 6. The second-order valence-electron chi connectivity index (χ2n) is 5.58. The molecule has 25 heavy (non-hydrogen) atoms. The molecule has 0 unspecified atom stereocenters. The van der Waals surface area contributed by atoms with E-state index in [9.17, 15) is 14.4 Å². The lowest BCUT2D eigenvalue weighted by Gasteiger charge is -2.07. The molecule has 1 amide bonds. The Labute approximate surface area is 151 Å². The maximum absolute atomic E-state index is 12.5. The van der Waals surface area contributed by atoms with E-state index in [1.165, 1.54) is 0 Å². The number of ether oxygens (including phenoxy) is 1. The van der Waals surface area contributed by atoms with Gasteiger partial charge in [-0.25, -0.2) is 4.79 Å². The standard InChI is InChI=1S/C19H21NO4S/c1-5-14(21)16-12(4)15(19(23)24-6-2)18(25-16)20-17(22)13-9-7-11(3)8-10-13/h7-10H,5-6H2,1-4H3,(H,20,22). The van der Waals surface area contributed by atoms with Crippen LogP contribution >= 0.6 is 11.3 Å². The number of benzene rings is 1. The van der Waals surface area contributed by atoms with E-state index in [0.29, 0.717) is 27.4 Å². The van der Waals surface area contributed by atoms with Gasteiger partial charge in [0.2, 0.25) is 0 Å². The zero-order valence-corrected chi connectivity index (χ0v) is 15.6. The molecular weight excluding hydrogens is 338 g/mol. The first-order valence-electron chi connectivity index (χ1n) is 8.10. The Kier molecular flexibility index (Phi) is 6.09. The predicted octanol–water partition coefficient (Wildman–Crippen LogP) is 4.39. The van der Waals surface area contributed by atoms with Gasteiger partial charge in [0.25, 0.3) is 5.91 Å². The Morgan fingerprint density at radius 3 is 2.28 bits per heavy atom. The van der Waals surface area contributed by atoms with E-state index in [4.69, 9.17) is 4.74 Å². The lowest BCUT2D eigenvalue weighted by atomic mass is 10.1. The van der Waals surface area contributed by atoms with Crippen molar-refractivity contribution in [2.75, 3.05) is 11.9 Å². The number of amides is 1. The van der Waals surface area contributed by atoms with E-state index >= 15 is 0 Å². The number of carbonyl (C=O) groups is 3. The summed E-state index contributed by atoms with van der Waals surface area (Å²) >= 11 is 1.12. The molecule has 6 heteroatoms. The third kappa shape index (κ3) is 4.14. The average Bonchev–Trinajstić information content (AvgIpc) is 2.91. The number of thiophene rings is 1. The van der Waals surface area contributed by atoms with Gasteiger partial charge in [0.15, 0.2) is 5.78 Å². The lowest BCUT2D eigenvalue weighted by Crippen LogP contribution is -2.14. The summed E-state index contributed by atoms with van der Waals surface area (Å²) in [5.41, 5.74) is 2.33. The van der Waals surface area contributed by atoms with Gasteiger partial charge in [0, 0.05) is 12.0 Å². The number of esters is 1. The van der Waals surface area contributed by atoms with Crippen molar-refractivity contribution in [3.05, 3.63) is 51.4 Å². The molecule has 132 valence electrons. The number of Topliss-reactive ketones (excluding diaryl/α,β-unsaturated/α-hetero) is 1. The van der Waals surface area contributed by atoms with E-state index in [-0.39, 0.29) is 23.9 Å². The Bertz CT molecular complexity index is 806. The van der Waals surface area contributed by atoms with Crippen LogP contribution in [0.2, 0.25) is 0 Å². The van der Waals surface area contributed by atoms with Crippen LogP contribution in [0, 0.1) is 13.8 Å². The molecule has 0 bridgehead atoms. The SMILES string of the molecule is CCOC(=O)c1c(NC(=O)c2ccc(C)cc2)sc(C(=O)CC)c1C. The fraction of sp³-hybridized carbons (Fsp3) is 0.316. The third-order valence-electron chi connectivity index (χ3n) is 3.74. The molecule has 2 rings (SSSR count). The van der Waals surface area contributed by atoms with Gasteiger partial charge in [0.05, 0.1) is 17.0 Å². The number of aryl methyl sites for hydroxylation is 1.